The summed E-state index contributed by atoms with van der Waals surface area (Å²) in [5, 5.41) is 3.91. The number of hydrogen-bond donors (Lipinski definition) is 1. The number of rotatable bonds is 2. The molecule has 0 saturated carbocycles. The lowest BCUT2D eigenvalue weighted by Crippen LogP contribution is -2.47. The first-order chi connectivity index (χ1) is 10.7. The molecule has 4 heterocycles. The SMILES string of the molecule is C#Cc1cc2cnc(C(=O)N[C@@H]3C[C@H]4CCN(C4)C3)cc2o1. The number of aromatic nitrogens is 1. The molecule has 0 aromatic carbocycles. The van der Waals surface area contributed by atoms with Crippen LogP contribution in [-0.4, -0.2) is 41.5 Å². The smallest absolute Gasteiger partial charge is 0.270 e. The molecular formula is C17H17N3O2. The number of fused-ring (bicyclic) bond motifs is 3. The Bertz CT molecular complexity index is 762. The van der Waals surface area contributed by atoms with Crippen molar-refractivity contribution in [2.24, 2.45) is 5.92 Å². The molecule has 22 heavy (non-hydrogen) atoms. The summed E-state index contributed by atoms with van der Waals surface area (Å²) >= 11 is 0. The van der Waals surface area contributed by atoms with Gasteiger partial charge in [0.25, 0.3) is 5.91 Å². The Hall–Kier alpha value is -2.32. The van der Waals surface area contributed by atoms with Crippen LogP contribution < -0.4 is 5.32 Å². The normalized spacial score (nSPS) is 26.8. The van der Waals surface area contributed by atoms with Crippen LogP contribution in [0.1, 0.15) is 29.1 Å². The van der Waals surface area contributed by atoms with Crippen molar-refractivity contribution in [1.29, 1.82) is 0 Å². The van der Waals surface area contributed by atoms with Crippen LogP contribution in [0.15, 0.2) is 22.7 Å². The Balaban J connectivity index is 1.51. The van der Waals surface area contributed by atoms with Crippen molar-refractivity contribution >= 4 is 16.9 Å². The fourth-order valence-corrected chi connectivity index (χ4v) is 3.55. The Morgan fingerprint density at radius 3 is 3.18 bits per heavy atom. The predicted molar refractivity (Wildman–Crippen MR) is 82.4 cm³/mol. The molecule has 5 nitrogen and oxygen atoms in total. The molecule has 2 fully saturated rings. The highest BCUT2D eigenvalue weighted by atomic mass is 16.3. The topological polar surface area (TPSA) is 58.4 Å². The lowest BCUT2D eigenvalue weighted by atomic mass is 9.97. The fraction of sp³-hybridized carbons (Fsp3) is 0.412. The van der Waals surface area contributed by atoms with Gasteiger partial charge in [-0.05, 0) is 31.2 Å². The summed E-state index contributed by atoms with van der Waals surface area (Å²) in [6.07, 6.45) is 9.26. The third-order valence-corrected chi connectivity index (χ3v) is 4.58. The third kappa shape index (κ3) is 2.36. The molecular weight excluding hydrogens is 278 g/mol. The third-order valence-electron chi connectivity index (χ3n) is 4.58. The van der Waals surface area contributed by atoms with Gasteiger partial charge in [-0.1, -0.05) is 0 Å². The maximum Gasteiger partial charge on any atom is 0.270 e. The van der Waals surface area contributed by atoms with Crippen molar-refractivity contribution in [2.45, 2.75) is 18.9 Å². The molecule has 1 amide bonds. The van der Waals surface area contributed by atoms with Crippen LogP contribution in [0.2, 0.25) is 0 Å². The highest BCUT2D eigenvalue weighted by molar-refractivity contribution is 5.95. The van der Waals surface area contributed by atoms with Crippen molar-refractivity contribution < 1.29 is 9.21 Å². The van der Waals surface area contributed by atoms with Gasteiger partial charge in [-0.25, -0.2) is 0 Å². The minimum Gasteiger partial charge on any atom is -0.448 e. The van der Waals surface area contributed by atoms with Crippen LogP contribution in [0.4, 0.5) is 0 Å². The second kappa shape index (κ2) is 5.15. The Labute approximate surface area is 128 Å². The average Bonchev–Trinajstić information content (AvgIpc) is 3.09. The minimum absolute atomic E-state index is 0.145. The first-order valence-corrected chi connectivity index (χ1v) is 7.60. The van der Waals surface area contributed by atoms with Gasteiger partial charge in [0, 0.05) is 42.8 Å². The molecule has 3 atom stereocenters. The zero-order chi connectivity index (χ0) is 15.1. The molecule has 2 saturated heterocycles. The predicted octanol–water partition coefficient (Wildman–Crippen LogP) is 1.63. The van der Waals surface area contributed by atoms with E-state index in [-0.39, 0.29) is 11.9 Å². The van der Waals surface area contributed by atoms with Crippen molar-refractivity contribution in [3.63, 3.8) is 0 Å². The molecule has 2 aliphatic rings. The summed E-state index contributed by atoms with van der Waals surface area (Å²) in [6.45, 7) is 3.27. The largest absolute Gasteiger partial charge is 0.448 e. The number of carbonyl (C=O) groups excluding carboxylic acids is 1. The van der Waals surface area contributed by atoms with E-state index in [0.717, 1.165) is 30.8 Å². The van der Waals surface area contributed by atoms with Crippen LogP contribution >= 0.6 is 0 Å². The number of furan rings is 1. The second-order valence-electron chi connectivity index (χ2n) is 6.18. The number of carbonyl (C=O) groups is 1. The van der Waals surface area contributed by atoms with Gasteiger partial charge in [0.2, 0.25) is 0 Å². The lowest BCUT2D eigenvalue weighted by Gasteiger charge is -2.30. The van der Waals surface area contributed by atoms with E-state index in [1.54, 1.807) is 18.3 Å². The van der Waals surface area contributed by atoms with Gasteiger partial charge in [-0.2, -0.15) is 0 Å². The number of terminal acetylenes is 1. The molecule has 1 N–H and O–H groups in total. The Kier molecular flexibility index (Phi) is 3.12. The molecule has 2 aromatic heterocycles. The van der Waals surface area contributed by atoms with Crippen LogP contribution in [0, 0.1) is 18.3 Å². The van der Waals surface area contributed by atoms with E-state index < -0.39 is 0 Å². The number of amides is 1. The molecule has 0 aliphatic carbocycles. The standard InChI is InChI=1S/C17H17N3O2/c1-2-14-6-12-8-18-15(7-16(12)22-14)17(21)19-13-5-11-3-4-20(9-11)10-13/h1,6-8,11,13H,3-5,9-10H2,(H,19,21)/t11-,13-/m1/s1. The number of nitrogens with one attached hydrogen (secondary N) is 1. The quantitative estimate of drug-likeness (QED) is 0.856. The monoisotopic (exact) mass is 295 g/mol. The molecule has 112 valence electrons. The van der Waals surface area contributed by atoms with Gasteiger partial charge in [0.1, 0.15) is 11.3 Å². The number of piperidine rings is 1. The molecule has 5 heteroatoms. The molecule has 2 aliphatic heterocycles. The van der Waals surface area contributed by atoms with E-state index in [4.69, 9.17) is 10.8 Å². The summed E-state index contributed by atoms with van der Waals surface area (Å²) in [5.41, 5.74) is 0.971. The van der Waals surface area contributed by atoms with Gasteiger partial charge in [0.05, 0.1) is 0 Å². The maximum absolute atomic E-state index is 12.4. The van der Waals surface area contributed by atoms with Crippen LogP contribution in [0.5, 0.6) is 0 Å². The maximum atomic E-state index is 12.4. The first kappa shape index (κ1) is 13.4. The summed E-state index contributed by atoms with van der Waals surface area (Å²) in [4.78, 5) is 19.0. The number of nitrogens with zero attached hydrogens (tertiary/aromatic N) is 2. The number of pyridine rings is 1. The molecule has 2 bridgehead atoms. The molecule has 0 radical (unpaired) electrons. The van der Waals surface area contributed by atoms with E-state index in [0.29, 0.717) is 17.0 Å². The van der Waals surface area contributed by atoms with Gasteiger partial charge >= 0.3 is 0 Å². The molecule has 1 unspecified atom stereocenters. The van der Waals surface area contributed by atoms with Crippen molar-refractivity contribution in [3.8, 4) is 12.3 Å². The van der Waals surface area contributed by atoms with Crippen molar-refractivity contribution in [2.75, 3.05) is 19.6 Å². The van der Waals surface area contributed by atoms with E-state index in [2.05, 4.69) is 21.1 Å². The summed E-state index contributed by atoms with van der Waals surface area (Å²) in [7, 11) is 0. The van der Waals surface area contributed by atoms with Crippen LogP contribution in [0.3, 0.4) is 0 Å². The Morgan fingerprint density at radius 1 is 1.45 bits per heavy atom. The second-order valence-corrected chi connectivity index (χ2v) is 6.18. The van der Waals surface area contributed by atoms with Gasteiger partial charge in [-0.15, -0.1) is 6.42 Å². The molecule has 4 rings (SSSR count). The zero-order valence-electron chi connectivity index (χ0n) is 12.2. The van der Waals surface area contributed by atoms with Gasteiger partial charge < -0.3 is 14.6 Å². The van der Waals surface area contributed by atoms with E-state index in [9.17, 15) is 4.79 Å². The molecule has 0 spiro atoms. The fourth-order valence-electron chi connectivity index (χ4n) is 3.55. The summed E-state index contributed by atoms with van der Waals surface area (Å²) in [5.74, 6) is 3.47. The summed E-state index contributed by atoms with van der Waals surface area (Å²) in [6, 6.07) is 3.61. The van der Waals surface area contributed by atoms with Crippen molar-refractivity contribution in [3.05, 3.63) is 29.8 Å². The first-order valence-electron chi connectivity index (χ1n) is 7.60. The number of hydrogen-bond acceptors (Lipinski definition) is 4. The van der Waals surface area contributed by atoms with Gasteiger partial charge in [0.15, 0.2) is 5.76 Å². The lowest BCUT2D eigenvalue weighted by molar-refractivity contribution is 0.0904. The zero-order valence-corrected chi connectivity index (χ0v) is 12.2. The average molecular weight is 295 g/mol. The van der Waals surface area contributed by atoms with Gasteiger partial charge in [-0.3, -0.25) is 9.78 Å². The van der Waals surface area contributed by atoms with E-state index >= 15 is 0 Å². The highest BCUT2D eigenvalue weighted by Crippen LogP contribution is 2.27. The van der Waals surface area contributed by atoms with E-state index in [1.165, 1.54) is 13.0 Å². The minimum atomic E-state index is -0.145. The van der Waals surface area contributed by atoms with Crippen molar-refractivity contribution in [1.82, 2.24) is 15.2 Å². The summed E-state index contributed by atoms with van der Waals surface area (Å²) < 4.78 is 5.48. The molecule has 2 aromatic rings. The Morgan fingerprint density at radius 2 is 2.36 bits per heavy atom. The highest BCUT2D eigenvalue weighted by Gasteiger charge is 2.33. The van der Waals surface area contributed by atoms with Crippen LogP contribution in [0.25, 0.3) is 11.0 Å². The van der Waals surface area contributed by atoms with Crippen LogP contribution in [-0.2, 0) is 0 Å². The van der Waals surface area contributed by atoms with E-state index in [1.807, 2.05) is 0 Å².